The summed E-state index contributed by atoms with van der Waals surface area (Å²) in [5, 5.41) is 4.84. The number of fused-ring (bicyclic) bond motifs is 1. The van der Waals surface area contributed by atoms with E-state index >= 15 is 0 Å². The zero-order valence-corrected chi connectivity index (χ0v) is 17.6. The maximum Gasteiger partial charge on any atom is 0.227 e. The number of aromatic nitrogens is 3. The third-order valence-corrected chi connectivity index (χ3v) is 5.62. The number of methoxy groups -OCH3 is 1. The monoisotopic (exact) mass is 382 g/mol. The second kappa shape index (κ2) is 7.59. The van der Waals surface area contributed by atoms with Gasteiger partial charge in [-0.2, -0.15) is 9.61 Å². The van der Waals surface area contributed by atoms with Crippen LogP contribution in [0, 0.1) is 26.7 Å². The Morgan fingerprint density at radius 2 is 2.07 bits per heavy atom. The number of hydrogen-bond acceptors (Lipinski definition) is 5. The van der Waals surface area contributed by atoms with Crippen molar-refractivity contribution in [2.24, 2.45) is 5.92 Å². The third-order valence-electron chi connectivity index (χ3n) is 5.62. The zero-order valence-electron chi connectivity index (χ0n) is 17.6. The highest BCUT2D eigenvalue weighted by molar-refractivity contribution is 5.69. The van der Waals surface area contributed by atoms with Crippen LogP contribution in [-0.2, 0) is 6.54 Å². The average molecular weight is 383 g/mol. The summed E-state index contributed by atoms with van der Waals surface area (Å²) in [6.07, 6.45) is 5.75. The van der Waals surface area contributed by atoms with Gasteiger partial charge < -0.3 is 9.15 Å². The first kappa shape index (κ1) is 19.0. The Morgan fingerprint density at radius 1 is 1.29 bits per heavy atom. The lowest BCUT2D eigenvalue weighted by molar-refractivity contribution is 0.254. The molecule has 1 aliphatic rings. The van der Waals surface area contributed by atoms with Gasteiger partial charge in [-0.15, -0.1) is 0 Å². The molecule has 6 heteroatoms. The summed E-state index contributed by atoms with van der Waals surface area (Å²) in [7, 11) is 1.63. The van der Waals surface area contributed by atoms with Crippen LogP contribution in [0.5, 0.6) is 5.88 Å². The lowest BCUT2D eigenvalue weighted by Crippen LogP contribution is -2.26. The van der Waals surface area contributed by atoms with Gasteiger partial charge in [0.2, 0.25) is 11.6 Å². The fourth-order valence-electron chi connectivity index (χ4n) is 3.95. The third kappa shape index (κ3) is 3.53. The Labute approximate surface area is 166 Å². The van der Waals surface area contributed by atoms with Crippen molar-refractivity contribution in [2.75, 3.05) is 20.2 Å². The first-order chi connectivity index (χ1) is 13.5. The highest BCUT2D eigenvalue weighted by Crippen LogP contribution is 2.34. The number of pyridine rings is 1. The van der Waals surface area contributed by atoms with Crippen molar-refractivity contribution >= 4 is 5.71 Å². The lowest BCUT2D eigenvalue weighted by Gasteiger charge is -2.20. The lowest BCUT2D eigenvalue weighted by atomic mass is 10.1. The molecule has 1 saturated carbocycles. The number of rotatable bonds is 8. The number of aryl methyl sites for hydroxylation is 3. The van der Waals surface area contributed by atoms with Gasteiger partial charge >= 0.3 is 0 Å². The maximum atomic E-state index is 6.23. The molecule has 1 fully saturated rings. The van der Waals surface area contributed by atoms with Gasteiger partial charge in [-0.25, -0.2) is 4.98 Å². The van der Waals surface area contributed by atoms with Crippen molar-refractivity contribution in [3.05, 3.63) is 34.8 Å². The Balaban J connectivity index is 1.73. The van der Waals surface area contributed by atoms with E-state index in [-0.39, 0.29) is 0 Å². The van der Waals surface area contributed by atoms with Crippen LogP contribution in [0.15, 0.2) is 16.7 Å². The number of nitrogens with zero attached hydrogens (tertiary/aromatic N) is 4. The molecule has 0 aliphatic heterocycles. The quantitative estimate of drug-likeness (QED) is 0.572. The maximum absolute atomic E-state index is 6.23. The predicted octanol–water partition coefficient (Wildman–Crippen LogP) is 4.55. The van der Waals surface area contributed by atoms with E-state index in [9.17, 15) is 0 Å². The van der Waals surface area contributed by atoms with Gasteiger partial charge in [0, 0.05) is 30.9 Å². The summed E-state index contributed by atoms with van der Waals surface area (Å²) in [6, 6.07) is 1.95. The van der Waals surface area contributed by atoms with E-state index in [0.29, 0.717) is 5.88 Å². The molecule has 0 unspecified atom stereocenters. The molecule has 28 heavy (non-hydrogen) atoms. The van der Waals surface area contributed by atoms with Crippen LogP contribution in [0.25, 0.3) is 17.0 Å². The van der Waals surface area contributed by atoms with Gasteiger partial charge in [-0.3, -0.25) is 4.90 Å². The van der Waals surface area contributed by atoms with Crippen LogP contribution in [0.1, 0.15) is 48.8 Å². The van der Waals surface area contributed by atoms with E-state index in [1.54, 1.807) is 7.11 Å². The van der Waals surface area contributed by atoms with E-state index in [4.69, 9.17) is 14.3 Å². The molecule has 3 aromatic rings. The Morgan fingerprint density at radius 3 is 2.71 bits per heavy atom. The van der Waals surface area contributed by atoms with E-state index in [0.717, 1.165) is 59.4 Å². The molecule has 0 atom stereocenters. The van der Waals surface area contributed by atoms with Gasteiger partial charge in [0.15, 0.2) is 0 Å². The fourth-order valence-corrected chi connectivity index (χ4v) is 3.95. The van der Waals surface area contributed by atoms with Gasteiger partial charge in [0.05, 0.1) is 18.4 Å². The van der Waals surface area contributed by atoms with Crippen LogP contribution < -0.4 is 4.74 Å². The van der Waals surface area contributed by atoms with Gasteiger partial charge in [-0.1, -0.05) is 6.92 Å². The molecule has 0 saturated heterocycles. The van der Waals surface area contributed by atoms with Crippen molar-refractivity contribution in [3.8, 4) is 17.1 Å². The zero-order chi connectivity index (χ0) is 19.8. The molecule has 0 aromatic carbocycles. The fraction of sp³-hybridized carbons (Fsp3) is 0.545. The molecule has 150 valence electrons. The van der Waals surface area contributed by atoms with Crippen molar-refractivity contribution in [2.45, 2.75) is 53.5 Å². The van der Waals surface area contributed by atoms with Crippen LogP contribution in [0.4, 0.5) is 0 Å². The van der Waals surface area contributed by atoms with E-state index in [2.05, 4.69) is 30.7 Å². The van der Waals surface area contributed by atoms with Crippen molar-refractivity contribution < 1.29 is 9.15 Å². The highest BCUT2D eigenvalue weighted by Gasteiger charge is 2.27. The minimum atomic E-state index is 0.617. The Bertz CT molecular complexity index is 984. The molecule has 0 bridgehead atoms. The van der Waals surface area contributed by atoms with Crippen molar-refractivity contribution in [3.63, 3.8) is 0 Å². The standard InChI is InChI=1S/C22H30N4O2/c1-6-9-25(12-17-7-8-17)13-19-15(3)24-26-21(16(4)28-22(19)26)18-11-23-20(27-5)10-14(18)2/h10-11,17H,6-9,12-13H2,1-5H3. The van der Waals surface area contributed by atoms with E-state index in [1.165, 1.54) is 24.9 Å². The van der Waals surface area contributed by atoms with Crippen molar-refractivity contribution in [1.29, 1.82) is 0 Å². The van der Waals surface area contributed by atoms with Crippen LogP contribution in [-0.4, -0.2) is 39.7 Å². The molecule has 0 radical (unpaired) electrons. The predicted molar refractivity (Wildman–Crippen MR) is 110 cm³/mol. The normalized spacial score (nSPS) is 14.4. The summed E-state index contributed by atoms with van der Waals surface area (Å²) >= 11 is 0. The second-order valence-corrected chi connectivity index (χ2v) is 8.01. The van der Waals surface area contributed by atoms with E-state index in [1.807, 2.05) is 23.7 Å². The minimum absolute atomic E-state index is 0.617. The molecule has 0 spiro atoms. The second-order valence-electron chi connectivity index (χ2n) is 8.01. The molecular weight excluding hydrogens is 352 g/mol. The molecule has 3 heterocycles. The first-order valence-corrected chi connectivity index (χ1v) is 10.2. The molecule has 4 rings (SSSR count). The summed E-state index contributed by atoms with van der Waals surface area (Å²) in [5.41, 5.74) is 6.18. The van der Waals surface area contributed by atoms with Crippen LogP contribution in [0.3, 0.4) is 0 Å². The van der Waals surface area contributed by atoms with Gasteiger partial charge in [-0.05, 0) is 58.1 Å². The van der Waals surface area contributed by atoms with Crippen LogP contribution in [0.2, 0.25) is 0 Å². The number of hydrogen-bond donors (Lipinski definition) is 0. The Kier molecular flexibility index (Phi) is 5.15. The molecule has 1 aliphatic carbocycles. The molecular formula is C22H30N4O2. The molecule has 0 N–H and O–H groups in total. The molecule has 6 nitrogen and oxygen atoms in total. The summed E-state index contributed by atoms with van der Waals surface area (Å²) in [6.45, 7) is 11.6. The van der Waals surface area contributed by atoms with Gasteiger partial charge in [0.1, 0.15) is 11.5 Å². The largest absolute Gasteiger partial charge is 0.481 e. The summed E-state index contributed by atoms with van der Waals surface area (Å²) < 4.78 is 13.4. The van der Waals surface area contributed by atoms with Gasteiger partial charge in [0.25, 0.3) is 0 Å². The average Bonchev–Trinajstić information content (AvgIpc) is 3.36. The van der Waals surface area contributed by atoms with E-state index < -0.39 is 0 Å². The number of oxazole rings is 1. The summed E-state index contributed by atoms with van der Waals surface area (Å²) in [5.74, 6) is 2.36. The Hall–Kier alpha value is -2.34. The SMILES string of the molecule is CCCN(Cc1c(C)nn2c(-c3cnc(OC)cc3C)c(C)oc12)CC1CC1. The molecule has 3 aromatic heterocycles. The summed E-state index contributed by atoms with van der Waals surface area (Å²) in [4.78, 5) is 6.95. The molecule has 0 amide bonds. The topological polar surface area (TPSA) is 55.8 Å². The smallest absolute Gasteiger partial charge is 0.227 e. The minimum Gasteiger partial charge on any atom is -0.481 e. The number of ether oxygens (including phenoxy) is 1. The van der Waals surface area contributed by atoms with Crippen molar-refractivity contribution in [1.82, 2.24) is 19.5 Å². The van der Waals surface area contributed by atoms with Crippen LogP contribution >= 0.6 is 0 Å². The highest BCUT2D eigenvalue weighted by atomic mass is 16.5. The first-order valence-electron chi connectivity index (χ1n) is 10.2.